The predicted molar refractivity (Wildman–Crippen MR) is 77.3 cm³/mol. The lowest BCUT2D eigenvalue weighted by Gasteiger charge is -2.35. The molecule has 1 aromatic carbocycles. The molecule has 0 heterocycles. The largest absolute Gasteiger partial charge is 0.465 e. The zero-order valence-electron chi connectivity index (χ0n) is 12.6. The van der Waals surface area contributed by atoms with Gasteiger partial charge in [0.1, 0.15) is 11.6 Å². The van der Waals surface area contributed by atoms with Gasteiger partial charge in [0.25, 0.3) is 0 Å². The number of methoxy groups -OCH3 is 1. The van der Waals surface area contributed by atoms with Crippen LogP contribution in [0.2, 0.25) is 0 Å². The van der Waals surface area contributed by atoms with E-state index in [0.717, 1.165) is 18.9 Å². The fraction of sp³-hybridized carbons (Fsp3) is 0.562. The third-order valence-electron chi connectivity index (χ3n) is 4.51. The van der Waals surface area contributed by atoms with Gasteiger partial charge in [0, 0.05) is 12.1 Å². The second kappa shape index (κ2) is 6.41. The molecule has 0 aliphatic heterocycles. The molecule has 3 unspecified atom stereocenters. The number of ether oxygens (including phenoxy) is 1. The van der Waals surface area contributed by atoms with Crippen LogP contribution in [-0.4, -0.2) is 19.1 Å². The van der Waals surface area contributed by atoms with Gasteiger partial charge in [-0.25, -0.2) is 13.6 Å². The number of hydrogen-bond donors (Lipinski definition) is 1. The van der Waals surface area contributed by atoms with Crippen molar-refractivity contribution in [3.63, 3.8) is 0 Å². The van der Waals surface area contributed by atoms with Crippen molar-refractivity contribution in [3.8, 4) is 0 Å². The molecule has 5 heteroatoms. The van der Waals surface area contributed by atoms with Gasteiger partial charge in [-0.05, 0) is 24.3 Å². The molecule has 0 spiro atoms. The van der Waals surface area contributed by atoms with Gasteiger partial charge in [-0.1, -0.05) is 26.7 Å². The first-order chi connectivity index (χ1) is 9.93. The summed E-state index contributed by atoms with van der Waals surface area (Å²) in [5.41, 5.74) is -0.0966. The van der Waals surface area contributed by atoms with Crippen molar-refractivity contribution in [1.29, 1.82) is 0 Å². The molecule has 1 fully saturated rings. The first-order valence-corrected chi connectivity index (χ1v) is 7.28. The first kappa shape index (κ1) is 15.7. The van der Waals surface area contributed by atoms with Crippen LogP contribution in [0.4, 0.5) is 14.5 Å². The van der Waals surface area contributed by atoms with Gasteiger partial charge in [0.05, 0.1) is 18.4 Å². The average Bonchev–Trinajstić information content (AvgIpc) is 2.45. The highest BCUT2D eigenvalue weighted by Crippen LogP contribution is 2.32. The Morgan fingerprint density at radius 3 is 2.62 bits per heavy atom. The third kappa shape index (κ3) is 3.34. The van der Waals surface area contributed by atoms with Gasteiger partial charge in [-0.15, -0.1) is 0 Å². The molecule has 21 heavy (non-hydrogen) atoms. The van der Waals surface area contributed by atoms with Crippen molar-refractivity contribution in [2.24, 2.45) is 11.8 Å². The average molecular weight is 297 g/mol. The Hall–Kier alpha value is -1.65. The Labute approximate surface area is 123 Å². The third-order valence-corrected chi connectivity index (χ3v) is 4.51. The number of halogens is 2. The van der Waals surface area contributed by atoms with E-state index in [1.54, 1.807) is 0 Å². The van der Waals surface area contributed by atoms with Gasteiger partial charge in [0.2, 0.25) is 0 Å². The van der Waals surface area contributed by atoms with Crippen LogP contribution >= 0.6 is 0 Å². The van der Waals surface area contributed by atoms with E-state index in [-0.39, 0.29) is 17.3 Å². The van der Waals surface area contributed by atoms with Crippen LogP contribution in [0.1, 0.15) is 43.5 Å². The quantitative estimate of drug-likeness (QED) is 0.857. The number of esters is 1. The van der Waals surface area contributed by atoms with E-state index in [2.05, 4.69) is 23.9 Å². The van der Waals surface area contributed by atoms with Gasteiger partial charge in [-0.2, -0.15) is 0 Å². The lowest BCUT2D eigenvalue weighted by molar-refractivity contribution is 0.0595. The monoisotopic (exact) mass is 297 g/mol. The van der Waals surface area contributed by atoms with E-state index >= 15 is 0 Å². The molecule has 0 amide bonds. The van der Waals surface area contributed by atoms with E-state index < -0.39 is 17.6 Å². The Balaban J connectivity index is 2.25. The smallest absolute Gasteiger partial charge is 0.340 e. The molecule has 2 rings (SSSR count). The Kier molecular flexibility index (Phi) is 4.80. The molecule has 0 saturated heterocycles. The minimum absolute atomic E-state index is 0.124. The molecule has 116 valence electrons. The van der Waals surface area contributed by atoms with E-state index in [9.17, 15) is 13.6 Å². The van der Waals surface area contributed by atoms with Gasteiger partial charge in [-0.3, -0.25) is 0 Å². The highest BCUT2D eigenvalue weighted by molar-refractivity contribution is 5.90. The molecule has 0 radical (unpaired) electrons. The molecule has 1 saturated carbocycles. The predicted octanol–water partition coefficient (Wildman–Crippen LogP) is 3.99. The number of rotatable bonds is 3. The van der Waals surface area contributed by atoms with Crippen molar-refractivity contribution in [2.75, 3.05) is 12.4 Å². The first-order valence-electron chi connectivity index (χ1n) is 7.28. The SMILES string of the molecule is COC(=O)c1cc(NC2CCCC(C)C2C)c(F)cc1F. The van der Waals surface area contributed by atoms with Crippen LogP contribution in [-0.2, 0) is 4.74 Å². The second-order valence-electron chi connectivity index (χ2n) is 5.82. The maximum absolute atomic E-state index is 13.9. The van der Waals surface area contributed by atoms with Crippen molar-refractivity contribution in [2.45, 2.75) is 39.2 Å². The van der Waals surface area contributed by atoms with Crippen LogP contribution in [0.15, 0.2) is 12.1 Å². The number of hydrogen-bond acceptors (Lipinski definition) is 3. The lowest BCUT2D eigenvalue weighted by Crippen LogP contribution is -2.35. The number of carbonyl (C=O) groups excluding carboxylic acids is 1. The number of carbonyl (C=O) groups is 1. The highest BCUT2D eigenvalue weighted by atomic mass is 19.1. The Morgan fingerprint density at radius 2 is 1.95 bits per heavy atom. The number of benzene rings is 1. The van der Waals surface area contributed by atoms with Crippen LogP contribution in [0.5, 0.6) is 0 Å². The molecule has 1 aliphatic rings. The molecular weight excluding hydrogens is 276 g/mol. The lowest BCUT2D eigenvalue weighted by atomic mass is 9.78. The Morgan fingerprint density at radius 1 is 1.24 bits per heavy atom. The molecule has 1 N–H and O–H groups in total. The van der Waals surface area contributed by atoms with Crippen LogP contribution in [0.25, 0.3) is 0 Å². The van der Waals surface area contributed by atoms with Crippen molar-refractivity contribution in [3.05, 3.63) is 29.3 Å². The van der Waals surface area contributed by atoms with Gasteiger partial charge >= 0.3 is 5.97 Å². The number of anilines is 1. The van der Waals surface area contributed by atoms with Crippen molar-refractivity contribution < 1.29 is 18.3 Å². The van der Waals surface area contributed by atoms with E-state index in [0.29, 0.717) is 11.8 Å². The summed E-state index contributed by atoms with van der Waals surface area (Å²) in [7, 11) is 1.17. The summed E-state index contributed by atoms with van der Waals surface area (Å²) in [5, 5.41) is 3.13. The van der Waals surface area contributed by atoms with E-state index in [1.807, 2.05) is 0 Å². The number of nitrogens with one attached hydrogen (secondary N) is 1. The second-order valence-corrected chi connectivity index (χ2v) is 5.82. The van der Waals surface area contributed by atoms with Crippen LogP contribution < -0.4 is 5.32 Å². The molecule has 3 atom stereocenters. The molecule has 0 bridgehead atoms. The highest BCUT2D eigenvalue weighted by Gasteiger charge is 2.28. The molecule has 3 nitrogen and oxygen atoms in total. The summed E-state index contributed by atoms with van der Waals surface area (Å²) in [5.74, 6) is -1.45. The zero-order chi connectivity index (χ0) is 15.6. The zero-order valence-corrected chi connectivity index (χ0v) is 12.6. The topological polar surface area (TPSA) is 38.3 Å². The van der Waals surface area contributed by atoms with Gasteiger partial charge in [0.15, 0.2) is 0 Å². The molecule has 0 aromatic heterocycles. The minimum Gasteiger partial charge on any atom is -0.465 e. The maximum Gasteiger partial charge on any atom is 0.340 e. The van der Waals surface area contributed by atoms with Gasteiger partial charge < -0.3 is 10.1 Å². The summed E-state index contributed by atoms with van der Waals surface area (Å²) in [6, 6.07) is 2.05. The maximum atomic E-state index is 13.9. The fourth-order valence-corrected chi connectivity index (χ4v) is 2.91. The van der Waals surface area contributed by atoms with Crippen LogP contribution in [0.3, 0.4) is 0 Å². The van der Waals surface area contributed by atoms with Crippen molar-refractivity contribution in [1.82, 2.24) is 0 Å². The summed E-state index contributed by atoms with van der Waals surface area (Å²) in [6.07, 6.45) is 3.18. The van der Waals surface area contributed by atoms with Crippen LogP contribution in [0, 0.1) is 23.5 Å². The van der Waals surface area contributed by atoms with Crippen molar-refractivity contribution >= 4 is 11.7 Å². The standard InChI is InChI=1S/C16H21F2NO2/c1-9-5-4-6-14(10(9)2)19-15-7-11(16(20)21-3)12(17)8-13(15)18/h7-10,14,19H,4-6H2,1-3H3. The minimum atomic E-state index is -0.907. The molecule has 1 aliphatic carbocycles. The summed E-state index contributed by atoms with van der Waals surface area (Å²) >= 11 is 0. The summed E-state index contributed by atoms with van der Waals surface area (Å²) in [6.45, 7) is 4.31. The normalized spacial score (nSPS) is 25.5. The molecular formula is C16H21F2NO2. The fourth-order valence-electron chi connectivity index (χ4n) is 2.91. The summed E-state index contributed by atoms with van der Waals surface area (Å²) < 4.78 is 32.0. The van der Waals surface area contributed by atoms with E-state index in [4.69, 9.17) is 0 Å². The van der Waals surface area contributed by atoms with E-state index in [1.165, 1.54) is 19.6 Å². The summed E-state index contributed by atoms with van der Waals surface area (Å²) in [4.78, 5) is 11.5. The molecule has 1 aromatic rings. The Bertz CT molecular complexity index is 533.